The molecule has 0 bridgehead atoms. The summed E-state index contributed by atoms with van der Waals surface area (Å²) in [6, 6.07) is 16.2. The van der Waals surface area contributed by atoms with Crippen LogP contribution in [0.5, 0.6) is 0 Å². The van der Waals surface area contributed by atoms with Gasteiger partial charge in [0.05, 0.1) is 11.1 Å². The summed E-state index contributed by atoms with van der Waals surface area (Å²) in [6.45, 7) is 1.87. The first-order valence-corrected chi connectivity index (χ1v) is 8.52. The number of rotatable bonds is 2. The molecule has 1 saturated carbocycles. The smallest absolute Gasteiger partial charge is 0.242 e. The maximum atomic E-state index is 13.1. The Labute approximate surface area is 146 Å². The van der Waals surface area contributed by atoms with Crippen LogP contribution in [0.25, 0.3) is 11.1 Å². The van der Waals surface area contributed by atoms with Crippen molar-refractivity contribution >= 4 is 17.3 Å². The highest BCUT2D eigenvalue weighted by molar-refractivity contribution is 6.15. The molecule has 0 N–H and O–H groups in total. The van der Waals surface area contributed by atoms with Crippen LogP contribution in [0.15, 0.2) is 60.9 Å². The van der Waals surface area contributed by atoms with Crippen LogP contribution < -0.4 is 4.90 Å². The van der Waals surface area contributed by atoms with Crippen LogP contribution in [-0.4, -0.2) is 15.9 Å². The number of benzene rings is 2. The second-order valence-electron chi connectivity index (χ2n) is 6.81. The number of hydrogen-bond donors (Lipinski definition) is 0. The van der Waals surface area contributed by atoms with E-state index in [4.69, 9.17) is 0 Å². The molecule has 0 saturated heterocycles. The zero-order chi connectivity index (χ0) is 17.0. The Kier molecular flexibility index (Phi) is 2.86. The highest BCUT2D eigenvalue weighted by Crippen LogP contribution is 2.59. The van der Waals surface area contributed by atoms with Gasteiger partial charge in [-0.2, -0.15) is 0 Å². The molecular formula is C21H17N3O. The summed E-state index contributed by atoms with van der Waals surface area (Å²) in [5.74, 6) is 0.953. The highest BCUT2D eigenvalue weighted by atomic mass is 16.2. The van der Waals surface area contributed by atoms with Crippen molar-refractivity contribution in [1.82, 2.24) is 9.97 Å². The fraction of sp³-hybridized carbons (Fsp3) is 0.190. The molecule has 1 aromatic heterocycles. The second kappa shape index (κ2) is 4.99. The number of carbonyl (C=O) groups is 1. The first-order chi connectivity index (χ1) is 12.2. The molecule has 2 heterocycles. The van der Waals surface area contributed by atoms with Gasteiger partial charge in [0.15, 0.2) is 0 Å². The number of carbonyl (C=O) groups excluding carboxylic acids is 1. The third-order valence-corrected chi connectivity index (χ3v) is 5.25. The molecule has 2 aromatic carbocycles. The van der Waals surface area contributed by atoms with Gasteiger partial charge in [0.1, 0.15) is 5.82 Å². The fourth-order valence-corrected chi connectivity index (χ4v) is 3.72. The third-order valence-electron chi connectivity index (χ3n) is 5.25. The van der Waals surface area contributed by atoms with E-state index in [0.717, 1.165) is 46.7 Å². The lowest BCUT2D eigenvalue weighted by Crippen LogP contribution is -2.27. The largest absolute Gasteiger partial charge is 0.280 e. The van der Waals surface area contributed by atoms with Gasteiger partial charge < -0.3 is 0 Å². The van der Waals surface area contributed by atoms with Crippen LogP contribution in [0, 0.1) is 6.92 Å². The predicted molar refractivity (Wildman–Crippen MR) is 96.7 cm³/mol. The summed E-state index contributed by atoms with van der Waals surface area (Å²) in [5, 5.41) is 0. The van der Waals surface area contributed by atoms with Crippen molar-refractivity contribution in [1.29, 1.82) is 0 Å². The molecule has 1 aliphatic carbocycles. The standard InChI is InChI=1S/C21H17N3O/c1-14-22-12-16(13-23-14)15-7-8-18-19(11-15)24(17-5-3-2-4-6-17)20(25)21(18)9-10-21/h2-8,11-13H,9-10H2,1H3. The van der Waals surface area contributed by atoms with Gasteiger partial charge in [-0.25, -0.2) is 9.97 Å². The SMILES string of the molecule is Cc1ncc(-c2ccc3c(c2)N(c2ccccc2)C(=O)C32CC2)cn1. The number of aryl methyl sites for hydroxylation is 1. The molecule has 1 aliphatic heterocycles. The lowest BCUT2D eigenvalue weighted by molar-refractivity contribution is -0.119. The predicted octanol–water partition coefficient (Wildman–Crippen LogP) is 4.16. The zero-order valence-corrected chi connectivity index (χ0v) is 13.9. The number of para-hydroxylation sites is 1. The average Bonchev–Trinajstić information content (AvgIpc) is 3.41. The van der Waals surface area contributed by atoms with Crippen LogP contribution in [0.4, 0.5) is 11.4 Å². The number of hydrogen-bond acceptors (Lipinski definition) is 3. The topological polar surface area (TPSA) is 46.1 Å². The van der Waals surface area contributed by atoms with Crippen molar-refractivity contribution in [2.24, 2.45) is 0 Å². The third kappa shape index (κ3) is 2.03. The molecule has 0 unspecified atom stereocenters. The number of nitrogens with zero attached hydrogens (tertiary/aromatic N) is 3. The lowest BCUT2D eigenvalue weighted by atomic mass is 9.96. The van der Waals surface area contributed by atoms with E-state index >= 15 is 0 Å². The van der Waals surface area contributed by atoms with E-state index in [9.17, 15) is 4.79 Å². The van der Waals surface area contributed by atoms with Gasteiger partial charge in [-0.05, 0) is 49.1 Å². The fourth-order valence-electron chi connectivity index (χ4n) is 3.72. The summed E-state index contributed by atoms with van der Waals surface area (Å²) in [7, 11) is 0. The Bertz CT molecular complexity index is 976. The summed E-state index contributed by atoms with van der Waals surface area (Å²) < 4.78 is 0. The van der Waals surface area contributed by atoms with Gasteiger partial charge in [0.25, 0.3) is 0 Å². The molecule has 0 atom stereocenters. The van der Waals surface area contributed by atoms with Gasteiger partial charge in [-0.1, -0.05) is 30.3 Å². The molecular weight excluding hydrogens is 310 g/mol. The molecule has 122 valence electrons. The minimum absolute atomic E-state index is 0.200. The number of anilines is 2. The van der Waals surface area contributed by atoms with E-state index in [1.807, 2.05) is 54.5 Å². The zero-order valence-electron chi connectivity index (χ0n) is 13.9. The molecule has 4 heteroatoms. The van der Waals surface area contributed by atoms with Crippen molar-refractivity contribution in [2.45, 2.75) is 25.2 Å². The molecule has 25 heavy (non-hydrogen) atoms. The van der Waals surface area contributed by atoms with Crippen molar-refractivity contribution in [3.63, 3.8) is 0 Å². The number of amides is 1. The molecule has 1 amide bonds. The van der Waals surface area contributed by atoms with Gasteiger partial charge in [0.2, 0.25) is 5.91 Å². The highest BCUT2D eigenvalue weighted by Gasteiger charge is 2.59. The van der Waals surface area contributed by atoms with E-state index in [1.54, 1.807) is 0 Å². The minimum atomic E-state index is -0.298. The van der Waals surface area contributed by atoms with E-state index in [1.165, 1.54) is 0 Å². The lowest BCUT2D eigenvalue weighted by Gasteiger charge is -2.18. The minimum Gasteiger partial charge on any atom is -0.280 e. The van der Waals surface area contributed by atoms with E-state index in [2.05, 4.69) is 28.2 Å². The quantitative estimate of drug-likeness (QED) is 0.710. The normalized spacial score (nSPS) is 17.0. The molecule has 1 spiro atoms. The van der Waals surface area contributed by atoms with Crippen LogP contribution in [0.2, 0.25) is 0 Å². The summed E-state index contributed by atoms with van der Waals surface area (Å²) >= 11 is 0. The van der Waals surface area contributed by atoms with Gasteiger partial charge in [-0.3, -0.25) is 9.69 Å². The molecule has 3 aromatic rings. The van der Waals surface area contributed by atoms with Crippen molar-refractivity contribution < 1.29 is 4.79 Å². The monoisotopic (exact) mass is 327 g/mol. The Hall–Kier alpha value is -3.01. The van der Waals surface area contributed by atoms with Crippen LogP contribution >= 0.6 is 0 Å². The summed E-state index contributed by atoms with van der Waals surface area (Å²) in [5.41, 5.74) is 4.77. The van der Waals surface area contributed by atoms with Crippen molar-refractivity contribution in [3.8, 4) is 11.1 Å². The second-order valence-corrected chi connectivity index (χ2v) is 6.81. The average molecular weight is 327 g/mol. The van der Waals surface area contributed by atoms with Crippen LogP contribution in [0.3, 0.4) is 0 Å². The maximum absolute atomic E-state index is 13.1. The first kappa shape index (κ1) is 14.3. The molecule has 2 aliphatic rings. The Morgan fingerprint density at radius 3 is 2.36 bits per heavy atom. The molecule has 5 rings (SSSR count). The Balaban J connectivity index is 1.67. The Morgan fingerprint density at radius 2 is 1.68 bits per heavy atom. The van der Waals surface area contributed by atoms with E-state index in [0.29, 0.717) is 0 Å². The van der Waals surface area contributed by atoms with Gasteiger partial charge in [-0.15, -0.1) is 0 Å². The summed E-state index contributed by atoms with van der Waals surface area (Å²) in [4.78, 5) is 23.6. The van der Waals surface area contributed by atoms with Gasteiger partial charge in [0, 0.05) is 23.6 Å². The molecule has 0 radical (unpaired) electrons. The molecule has 4 nitrogen and oxygen atoms in total. The number of aromatic nitrogens is 2. The maximum Gasteiger partial charge on any atom is 0.242 e. The van der Waals surface area contributed by atoms with E-state index in [-0.39, 0.29) is 11.3 Å². The van der Waals surface area contributed by atoms with Crippen molar-refractivity contribution in [2.75, 3.05) is 4.90 Å². The number of fused-ring (bicyclic) bond motifs is 2. The Morgan fingerprint density at radius 1 is 0.960 bits per heavy atom. The first-order valence-electron chi connectivity index (χ1n) is 8.52. The van der Waals surface area contributed by atoms with Crippen molar-refractivity contribution in [3.05, 3.63) is 72.3 Å². The van der Waals surface area contributed by atoms with Gasteiger partial charge >= 0.3 is 0 Å². The molecule has 1 fully saturated rings. The van der Waals surface area contributed by atoms with Crippen LogP contribution in [-0.2, 0) is 10.2 Å². The van der Waals surface area contributed by atoms with E-state index < -0.39 is 0 Å². The summed E-state index contributed by atoms with van der Waals surface area (Å²) in [6.07, 6.45) is 5.55. The van der Waals surface area contributed by atoms with Crippen LogP contribution in [0.1, 0.15) is 24.2 Å².